The number of likely N-dealkylation sites (tertiary alicyclic amines) is 1. The van der Waals surface area contributed by atoms with Crippen LogP contribution in [-0.4, -0.2) is 65.4 Å². The molecule has 1 amide bonds. The number of carbonyl (C=O) groups is 2. The summed E-state index contributed by atoms with van der Waals surface area (Å²) in [5.41, 5.74) is 2.49. The summed E-state index contributed by atoms with van der Waals surface area (Å²) in [4.78, 5) is 29.1. The van der Waals surface area contributed by atoms with Crippen LogP contribution in [0.3, 0.4) is 0 Å². The molecule has 1 saturated heterocycles. The van der Waals surface area contributed by atoms with Crippen LogP contribution in [0, 0.1) is 6.92 Å². The van der Waals surface area contributed by atoms with Gasteiger partial charge in [0.15, 0.2) is 0 Å². The van der Waals surface area contributed by atoms with E-state index in [1.54, 1.807) is 4.90 Å². The molecule has 0 unspecified atom stereocenters. The normalized spacial score (nSPS) is 17.7. The first kappa shape index (κ1) is 19.6. The van der Waals surface area contributed by atoms with Crippen LogP contribution >= 0.6 is 0 Å². The molecule has 1 heterocycles. The third-order valence-corrected chi connectivity index (χ3v) is 5.02. The van der Waals surface area contributed by atoms with E-state index in [-0.39, 0.29) is 17.8 Å². The van der Waals surface area contributed by atoms with Crippen molar-refractivity contribution >= 4 is 11.7 Å². The molecule has 1 aliphatic heterocycles. The van der Waals surface area contributed by atoms with E-state index in [0.717, 1.165) is 24.1 Å². The van der Waals surface area contributed by atoms with E-state index >= 15 is 0 Å². The lowest BCUT2D eigenvalue weighted by Gasteiger charge is -2.21. The maximum Gasteiger partial charge on any atom is 0.254 e. The summed E-state index contributed by atoms with van der Waals surface area (Å²) in [5.74, 6) is 0.142. The van der Waals surface area contributed by atoms with Gasteiger partial charge in [0, 0.05) is 51.1 Å². The number of benzene rings is 1. The van der Waals surface area contributed by atoms with Gasteiger partial charge in [0.25, 0.3) is 5.91 Å². The number of carbonyl (C=O) groups excluding carboxylic acids is 2. The average molecular weight is 346 g/mol. The fourth-order valence-corrected chi connectivity index (χ4v) is 3.40. The topological polar surface area (TPSA) is 60.9 Å². The summed E-state index contributed by atoms with van der Waals surface area (Å²) >= 11 is 0. The molecule has 1 N–H and O–H groups in total. The third-order valence-electron chi connectivity index (χ3n) is 5.02. The lowest BCUT2D eigenvalue weighted by atomic mass is 9.95. The molecule has 1 fully saturated rings. The zero-order valence-corrected chi connectivity index (χ0v) is 15.6. The van der Waals surface area contributed by atoms with Gasteiger partial charge in [0.2, 0.25) is 0 Å². The minimum Gasteiger partial charge on any atom is -0.392 e. The first-order valence-corrected chi connectivity index (χ1v) is 9.26. The Morgan fingerprint density at radius 2 is 2.00 bits per heavy atom. The number of amides is 1. The Morgan fingerprint density at radius 3 is 2.60 bits per heavy atom. The fraction of sp³-hybridized carbons (Fsp3) is 0.600. The summed E-state index contributed by atoms with van der Waals surface area (Å²) in [6, 6.07) is 5.66. The molecule has 138 valence electrons. The van der Waals surface area contributed by atoms with Gasteiger partial charge in [-0.25, -0.2) is 0 Å². The van der Waals surface area contributed by atoms with Crippen LogP contribution in [0.2, 0.25) is 0 Å². The number of hydrogen-bond acceptors (Lipinski definition) is 4. The molecule has 0 spiro atoms. The van der Waals surface area contributed by atoms with Crippen molar-refractivity contribution < 1.29 is 14.7 Å². The number of aliphatic hydroxyl groups excluding tert-OH is 1. The number of nitrogens with zero attached hydrogens (tertiary/aromatic N) is 2. The number of rotatable bonds is 8. The molecule has 1 aliphatic rings. The van der Waals surface area contributed by atoms with Gasteiger partial charge >= 0.3 is 0 Å². The molecule has 1 aromatic carbocycles. The molecule has 5 heteroatoms. The van der Waals surface area contributed by atoms with Gasteiger partial charge < -0.3 is 14.9 Å². The highest BCUT2D eigenvalue weighted by atomic mass is 16.3. The van der Waals surface area contributed by atoms with Gasteiger partial charge in [-0.05, 0) is 44.4 Å². The van der Waals surface area contributed by atoms with Crippen molar-refractivity contribution in [2.75, 3.05) is 32.7 Å². The van der Waals surface area contributed by atoms with Crippen LogP contribution < -0.4 is 0 Å². The van der Waals surface area contributed by atoms with Gasteiger partial charge in [0.05, 0.1) is 6.10 Å². The van der Waals surface area contributed by atoms with Crippen molar-refractivity contribution in [2.24, 2.45) is 0 Å². The smallest absolute Gasteiger partial charge is 0.254 e. The fourth-order valence-electron chi connectivity index (χ4n) is 3.40. The van der Waals surface area contributed by atoms with Crippen molar-refractivity contribution in [3.05, 3.63) is 34.9 Å². The monoisotopic (exact) mass is 346 g/mol. The maximum absolute atomic E-state index is 12.7. The first-order valence-electron chi connectivity index (χ1n) is 9.26. The zero-order valence-electron chi connectivity index (χ0n) is 15.6. The number of aliphatic hydroxyl groups is 1. The highest BCUT2D eigenvalue weighted by Crippen LogP contribution is 2.18. The van der Waals surface area contributed by atoms with Crippen molar-refractivity contribution in [3.8, 4) is 0 Å². The predicted octanol–water partition coefficient (Wildman–Crippen LogP) is 2.05. The number of ketones is 1. The zero-order chi connectivity index (χ0) is 18.4. The van der Waals surface area contributed by atoms with Crippen LogP contribution in [0.5, 0.6) is 0 Å². The van der Waals surface area contributed by atoms with Gasteiger partial charge in [-0.2, -0.15) is 0 Å². The lowest BCUT2D eigenvalue weighted by Crippen LogP contribution is -2.31. The quantitative estimate of drug-likeness (QED) is 0.783. The van der Waals surface area contributed by atoms with E-state index in [9.17, 15) is 14.7 Å². The van der Waals surface area contributed by atoms with Crippen LogP contribution in [0.1, 0.15) is 48.2 Å². The molecule has 25 heavy (non-hydrogen) atoms. The second-order valence-electron chi connectivity index (χ2n) is 6.79. The largest absolute Gasteiger partial charge is 0.392 e. The summed E-state index contributed by atoms with van der Waals surface area (Å²) in [6.45, 7) is 9.40. The molecule has 5 nitrogen and oxygen atoms in total. The van der Waals surface area contributed by atoms with Crippen LogP contribution in [0.4, 0.5) is 0 Å². The lowest BCUT2D eigenvalue weighted by molar-refractivity contribution is -0.118. The molecule has 0 aliphatic carbocycles. The van der Waals surface area contributed by atoms with Gasteiger partial charge in [-0.15, -0.1) is 0 Å². The van der Waals surface area contributed by atoms with E-state index in [0.29, 0.717) is 44.6 Å². The highest BCUT2D eigenvalue weighted by Gasteiger charge is 2.22. The van der Waals surface area contributed by atoms with Crippen molar-refractivity contribution in [2.45, 2.75) is 46.1 Å². The van der Waals surface area contributed by atoms with Crippen LogP contribution in [0.15, 0.2) is 18.2 Å². The Hall–Kier alpha value is -1.72. The molecule has 0 radical (unpaired) electrons. The Labute approximate surface area is 150 Å². The number of β-amino-alcohol motifs (C(OH)–C–C–N with tert-alkyl or cyclic N) is 1. The van der Waals surface area contributed by atoms with Crippen molar-refractivity contribution in [3.63, 3.8) is 0 Å². The first-order chi connectivity index (χ1) is 12.0. The molecule has 2 rings (SSSR count). The van der Waals surface area contributed by atoms with E-state index in [4.69, 9.17) is 0 Å². The highest BCUT2D eigenvalue weighted by molar-refractivity contribution is 5.97. The number of aryl methyl sites for hydroxylation is 1. The molecular formula is C20H30N2O3. The molecular weight excluding hydrogens is 316 g/mol. The standard InChI is InChI=1S/C20H30N2O3/c1-4-22(5-2)20(25)18-8-6-7-15(3)19(18)13-16(23)9-11-21-12-10-17(24)14-21/h6-8,17,24H,4-5,9-14H2,1-3H3/t17-/m1/s1. The van der Waals surface area contributed by atoms with E-state index in [1.165, 1.54) is 0 Å². The number of Topliss-reactive ketones (excluding diaryl/α,β-unsaturated/α-hetero) is 1. The van der Waals surface area contributed by atoms with Gasteiger partial charge in [0.1, 0.15) is 5.78 Å². The summed E-state index contributed by atoms with van der Waals surface area (Å²) in [7, 11) is 0. The molecule has 0 aromatic heterocycles. The van der Waals surface area contributed by atoms with Crippen molar-refractivity contribution in [1.82, 2.24) is 9.80 Å². The van der Waals surface area contributed by atoms with Crippen molar-refractivity contribution in [1.29, 1.82) is 0 Å². The molecule has 1 atom stereocenters. The Kier molecular flexibility index (Phi) is 7.14. The summed E-state index contributed by atoms with van der Waals surface area (Å²) < 4.78 is 0. The average Bonchev–Trinajstić information content (AvgIpc) is 3.01. The second-order valence-corrected chi connectivity index (χ2v) is 6.79. The third kappa shape index (κ3) is 5.13. The van der Waals surface area contributed by atoms with Crippen LogP contribution in [-0.2, 0) is 11.2 Å². The SMILES string of the molecule is CCN(CC)C(=O)c1cccc(C)c1CC(=O)CCN1CC[C@@H](O)C1. The Bertz CT molecular complexity index is 611. The van der Waals surface area contributed by atoms with Gasteiger partial charge in [-0.3, -0.25) is 9.59 Å². The van der Waals surface area contributed by atoms with E-state index < -0.39 is 0 Å². The minimum absolute atomic E-state index is 0.000773. The number of hydrogen-bond donors (Lipinski definition) is 1. The van der Waals surface area contributed by atoms with E-state index in [2.05, 4.69) is 4.90 Å². The van der Waals surface area contributed by atoms with Crippen LogP contribution in [0.25, 0.3) is 0 Å². The summed E-state index contributed by atoms with van der Waals surface area (Å²) in [5, 5.41) is 9.56. The Morgan fingerprint density at radius 1 is 1.28 bits per heavy atom. The maximum atomic E-state index is 12.7. The van der Waals surface area contributed by atoms with E-state index in [1.807, 2.05) is 39.0 Å². The minimum atomic E-state index is -0.259. The van der Waals surface area contributed by atoms with Gasteiger partial charge in [-0.1, -0.05) is 12.1 Å². The molecule has 0 bridgehead atoms. The Balaban J connectivity index is 2.05. The molecule has 1 aromatic rings. The predicted molar refractivity (Wildman–Crippen MR) is 98.8 cm³/mol. The second kappa shape index (κ2) is 9.11. The summed E-state index contributed by atoms with van der Waals surface area (Å²) in [6.07, 6.45) is 1.28. The molecule has 0 saturated carbocycles.